The van der Waals surface area contributed by atoms with Gasteiger partial charge < -0.3 is 4.90 Å². The van der Waals surface area contributed by atoms with Crippen LogP contribution in [-0.2, 0) is 11.8 Å². The minimum Gasteiger partial charge on any atom is -0.307 e. The van der Waals surface area contributed by atoms with Crippen LogP contribution in [-0.4, -0.2) is 0 Å². The van der Waals surface area contributed by atoms with E-state index < -0.39 is 11.6 Å². The summed E-state index contributed by atoms with van der Waals surface area (Å²) in [6.07, 6.45) is 8.85. The van der Waals surface area contributed by atoms with Crippen LogP contribution >= 0.6 is 0 Å². The highest BCUT2D eigenvalue weighted by Gasteiger charge is 2.38. The summed E-state index contributed by atoms with van der Waals surface area (Å²) in [5.74, 6) is -1.74. The number of aryl methyl sites for hydroxylation is 6. The molecule has 0 N–H and O–H groups in total. The molecule has 0 fully saturated rings. The van der Waals surface area contributed by atoms with Crippen molar-refractivity contribution in [3.63, 3.8) is 0 Å². The van der Waals surface area contributed by atoms with Gasteiger partial charge in [0.25, 0.3) is 0 Å². The molecule has 0 saturated carbocycles. The van der Waals surface area contributed by atoms with E-state index in [-0.39, 0.29) is 11.1 Å². The normalized spacial score (nSPS) is 12.3. The number of hydrogen-bond acceptors (Lipinski definition) is 1. The molecule has 0 unspecified atom stereocenters. The van der Waals surface area contributed by atoms with Crippen LogP contribution in [0.2, 0.25) is 0 Å². The maximum Gasteiger partial charge on any atom is 0.182 e. The Morgan fingerprint density at radius 1 is 0.529 bits per heavy atom. The zero-order chi connectivity index (χ0) is 49.7. The van der Waals surface area contributed by atoms with E-state index in [0.29, 0.717) is 0 Å². The minimum atomic E-state index is -0.873. The van der Waals surface area contributed by atoms with Gasteiger partial charge >= 0.3 is 0 Å². The number of benzene rings is 9. The molecule has 9 aromatic carbocycles. The van der Waals surface area contributed by atoms with Crippen molar-refractivity contribution in [3.05, 3.63) is 268 Å². The molecule has 70 heavy (non-hydrogen) atoms. The molecular weight excluding hydrogens is 857 g/mol. The van der Waals surface area contributed by atoms with Crippen molar-refractivity contribution >= 4 is 38.6 Å². The smallest absolute Gasteiger partial charge is 0.182 e. The van der Waals surface area contributed by atoms with Gasteiger partial charge in [0.1, 0.15) is 0 Å². The molecule has 0 radical (unpaired) electrons. The SMILES string of the molecule is C=C(C)/C=C\C=C/Cc1ccc(N(c2cccc(F)c2F)c2cc3c(c4ccccc24)-c2ccc(C)cc2C3(C)C)cc1C.Cc1ccc(-c2ccccc2C)c(C)c1.Cc1ccc2ccccc2c1. The molecule has 10 rings (SSSR count). The highest BCUT2D eigenvalue weighted by Crippen LogP contribution is 2.55. The molecule has 0 aromatic heterocycles. The molecule has 0 saturated heterocycles. The van der Waals surface area contributed by atoms with Crippen molar-refractivity contribution in [3.8, 4) is 22.3 Å². The highest BCUT2D eigenvalue weighted by molar-refractivity contribution is 6.10. The summed E-state index contributed by atoms with van der Waals surface area (Å²) in [5, 5.41) is 4.72. The van der Waals surface area contributed by atoms with E-state index in [1.165, 1.54) is 83.6 Å². The Kier molecular flexibility index (Phi) is 14.6. The Hall–Kier alpha value is -7.62. The summed E-state index contributed by atoms with van der Waals surface area (Å²) in [7, 11) is 0. The fraction of sp³-hybridized carbons (Fsp3) is 0.164. The van der Waals surface area contributed by atoms with E-state index in [1.54, 1.807) is 12.1 Å². The first-order valence-corrected chi connectivity index (χ1v) is 24.2. The largest absolute Gasteiger partial charge is 0.307 e. The lowest BCUT2D eigenvalue weighted by Crippen LogP contribution is -2.18. The van der Waals surface area contributed by atoms with Crippen molar-refractivity contribution in [2.75, 3.05) is 4.90 Å². The van der Waals surface area contributed by atoms with Gasteiger partial charge in [0.05, 0.1) is 11.4 Å². The first-order chi connectivity index (χ1) is 33.6. The van der Waals surface area contributed by atoms with Crippen LogP contribution in [0.3, 0.4) is 0 Å². The van der Waals surface area contributed by atoms with Crippen molar-refractivity contribution in [2.45, 2.75) is 74.1 Å². The topological polar surface area (TPSA) is 3.24 Å². The summed E-state index contributed by atoms with van der Waals surface area (Å²) >= 11 is 0. The van der Waals surface area contributed by atoms with Crippen LogP contribution in [0.1, 0.15) is 70.8 Å². The van der Waals surface area contributed by atoms with E-state index in [0.717, 1.165) is 39.7 Å². The van der Waals surface area contributed by atoms with Crippen LogP contribution in [0.15, 0.2) is 206 Å². The van der Waals surface area contributed by atoms with Gasteiger partial charge in [0, 0.05) is 16.5 Å². The lowest BCUT2D eigenvalue weighted by atomic mass is 9.81. The number of anilines is 3. The summed E-state index contributed by atoms with van der Waals surface area (Å²) in [5.41, 5.74) is 18.9. The van der Waals surface area contributed by atoms with Gasteiger partial charge in [-0.05, 0) is 157 Å². The van der Waals surface area contributed by atoms with Gasteiger partial charge in [-0.3, -0.25) is 0 Å². The molecule has 0 spiro atoms. The third-order valence-corrected chi connectivity index (χ3v) is 13.5. The van der Waals surface area contributed by atoms with Gasteiger partial charge in [0.15, 0.2) is 11.6 Å². The average molecular weight is 920 g/mol. The van der Waals surface area contributed by atoms with Gasteiger partial charge in [-0.25, -0.2) is 8.78 Å². The standard InChI is InChI=1S/C41H37F2N.C15H16.C11H10/c1-26(2)13-8-7-9-14-29-20-21-30(24-28(29)4)44(37-18-12-17-36(42)40(37)43)38-25-35-39(32-16-11-10-15-31(32)38)33-22-19-27(3)23-34(33)41(35,5)6;1-11-8-9-15(13(3)10-11)14-7-5-4-6-12(14)2;1-9-6-7-10-4-2-3-5-11(10)8-9/h7-13,15-25H,1,14H2,2-6H3;4-10H,1-3H3;2-8H,1H3/b9-7-,13-8-;;. The fourth-order valence-electron chi connectivity index (χ4n) is 9.78. The molecule has 0 aliphatic heterocycles. The summed E-state index contributed by atoms with van der Waals surface area (Å²) in [6, 6.07) is 57.8. The summed E-state index contributed by atoms with van der Waals surface area (Å²) in [4.78, 5) is 1.88. The molecule has 0 heterocycles. The Bertz CT molecular complexity index is 3460. The summed E-state index contributed by atoms with van der Waals surface area (Å²) in [6.45, 7) is 23.1. The van der Waals surface area contributed by atoms with Gasteiger partial charge in [-0.1, -0.05) is 207 Å². The van der Waals surface area contributed by atoms with E-state index in [2.05, 4.69) is 208 Å². The quantitative estimate of drug-likeness (QED) is 0.137. The molecule has 1 nitrogen and oxygen atoms in total. The first-order valence-electron chi connectivity index (χ1n) is 24.2. The van der Waals surface area contributed by atoms with Crippen LogP contribution in [0.4, 0.5) is 25.8 Å². The Balaban J connectivity index is 0.000000204. The number of rotatable bonds is 8. The number of allylic oxidation sites excluding steroid dienone is 5. The molecule has 1 aliphatic rings. The lowest BCUT2D eigenvalue weighted by molar-refractivity contribution is 0.510. The second-order valence-electron chi connectivity index (χ2n) is 19.4. The third kappa shape index (κ3) is 10.4. The average Bonchev–Trinajstić information content (AvgIpc) is 3.56. The maximum atomic E-state index is 15.7. The number of fused-ring (bicyclic) bond motifs is 6. The number of hydrogen-bond donors (Lipinski definition) is 0. The van der Waals surface area contributed by atoms with E-state index in [1.807, 2.05) is 42.2 Å². The van der Waals surface area contributed by atoms with E-state index in [9.17, 15) is 4.39 Å². The lowest BCUT2D eigenvalue weighted by Gasteiger charge is -2.30. The zero-order valence-electron chi connectivity index (χ0n) is 42.1. The van der Waals surface area contributed by atoms with Crippen molar-refractivity contribution < 1.29 is 8.78 Å². The van der Waals surface area contributed by atoms with Crippen molar-refractivity contribution in [2.24, 2.45) is 0 Å². The van der Waals surface area contributed by atoms with Gasteiger partial charge in [-0.15, -0.1) is 0 Å². The van der Waals surface area contributed by atoms with Crippen LogP contribution in [0.25, 0.3) is 43.8 Å². The third-order valence-electron chi connectivity index (χ3n) is 13.5. The second kappa shape index (κ2) is 20.9. The number of halogens is 2. The predicted octanol–water partition coefficient (Wildman–Crippen LogP) is 19.2. The van der Waals surface area contributed by atoms with Crippen LogP contribution in [0.5, 0.6) is 0 Å². The predicted molar refractivity (Wildman–Crippen MR) is 297 cm³/mol. The zero-order valence-corrected chi connectivity index (χ0v) is 42.1. The van der Waals surface area contributed by atoms with Crippen molar-refractivity contribution in [1.29, 1.82) is 0 Å². The fourth-order valence-corrected chi connectivity index (χ4v) is 9.78. The Labute approximate surface area is 414 Å². The Morgan fingerprint density at radius 3 is 1.90 bits per heavy atom. The molecule has 9 aromatic rings. The van der Waals surface area contributed by atoms with E-state index in [4.69, 9.17) is 0 Å². The molecule has 0 amide bonds. The maximum absolute atomic E-state index is 15.7. The van der Waals surface area contributed by atoms with E-state index >= 15 is 4.39 Å². The molecule has 1 aliphatic carbocycles. The van der Waals surface area contributed by atoms with Gasteiger partial charge in [-0.2, -0.15) is 0 Å². The van der Waals surface area contributed by atoms with Crippen LogP contribution in [0, 0.1) is 53.2 Å². The molecular formula is C67H63F2N. The monoisotopic (exact) mass is 919 g/mol. The Morgan fingerprint density at radius 2 is 1.17 bits per heavy atom. The van der Waals surface area contributed by atoms with Gasteiger partial charge in [0.2, 0.25) is 0 Å². The first kappa shape index (κ1) is 48.8. The minimum absolute atomic E-state index is 0.177. The molecule has 0 atom stereocenters. The molecule has 350 valence electrons. The number of nitrogens with zero attached hydrogens (tertiary/aromatic N) is 1. The molecule has 0 bridgehead atoms. The second-order valence-corrected chi connectivity index (χ2v) is 19.4. The highest BCUT2D eigenvalue weighted by atomic mass is 19.2. The van der Waals surface area contributed by atoms with Crippen LogP contribution < -0.4 is 4.90 Å². The van der Waals surface area contributed by atoms with Crippen molar-refractivity contribution in [1.82, 2.24) is 0 Å². The summed E-state index contributed by atoms with van der Waals surface area (Å²) < 4.78 is 30.6. The molecule has 3 heteroatoms.